The second kappa shape index (κ2) is 4.85. The maximum absolute atomic E-state index is 12.9. The number of hydrogen-bond acceptors (Lipinski definition) is 5. The predicted octanol–water partition coefficient (Wildman–Crippen LogP) is 1.36. The summed E-state index contributed by atoms with van der Waals surface area (Å²) in [6.45, 7) is 0.575. The summed E-state index contributed by atoms with van der Waals surface area (Å²) in [6.07, 6.45) is 3.07. The van der Waals surface area contributed by atoms with Crippen LogP contribution in [-0.4, -0.2) is 53.1 Å². The van der Waals surface area contributed by atoms with Gasteiger partial charge in [0.05, 0.1) is 24.2 Å². The number of carbonyl (C=O) groups excluding carboxylic acids is 2. The predicted molar refractivity (Wildman–Crippen MR) is 94.8 cm³/mol. The van der Waals surface area contributed by atoms with E-state index < -0.39 is 17.1 Å². The van der Waals surface area contributed by atoms with Gasteiger partial charge in [-0.2, -0.15) is 0 Å². The number of aliphatic hydroxyl groups is 1. The summed E-state index contributed by atoms with van der Waals surface area (Å²) in [5, 5.41) is 12.0. The van der Waals surface area contributed by atoms with Gasteiger partial charge in [-0.15, -0.1) is 0 Å². The molecule has 2 bridgehead atoms. The van der Waals surface area contributed by atoms with Crippen molar-refractivity contribution in [2.75, 3.05) is 13.7 Å². The summed E-state index contributed by atoms with van der Waals surface area (Å²) in [5.41, 5.74) is 0.146. The number of hydrogen-bond donors (Lipinski definition) is 1. The summed E-state index contributed by atoms with van der Waals surface area (Å²) in [5.74, 6) is 1.58. The number of ketones is 1. The minimum absolute atomic E-state index is 0.0477. The van der Waals surface area contributed by atoms with E-state index >= 15 is 0 Å². The Morgan fingerprint density at radius 3 is 2.89 bits per heavy atom. The zero-order valence-electron chi connectivity index (χ0n) is 15.4. The van der Waals surface area contributed by atoms with Gasteiger partial charge >= 0.3 is 0 Å². The SMILES string of the molecule is COc1ccc2c3c1O[C@@H]1C(=O)CC[C@]4(O)[C@H](C2)N(C(=O)C2CC2)CCC314. The fourth-order valence-corrected chi connectivity index (χ4v) is 6.31. The van der Waals surface area contributed by atoms with Crippen molar-refractivity contribution in [1.29, 1.82) is 0 Å². The lowest BCUT2D eigenvalue weighted by Gasteiger charge is -2.62. The Morgan fingerprint density at radius 1 is 1.33 bits per heavy atom. The van der Waals surface area contributed by atoms with E-state index in [-0.39, 0.29) is 30.1 Å². The van der Waals surface area contributed by atoms with E-state index in [9.17, 15) is 14.7 Å². The average molecular weight is 369 g/mol. The molecule has 6 rings (SSSR count). The molecule has 6 heteroatoms. The van der Waals surface area contributed by atoms with Gasteiger partial charge in [0.25, 0.3) is 0 Å². The quantitative estimate of drug-likeness (QED) is 0.852. The molecule has 0 aromatic heterocycles. The van der Waals surface area contributed by atoms with Crippen LogP contribution in [0.3, 0.4) is 0 Å². The van der Waals surface area contributed by atoms with Crippen molar-refractivity contribution >= 4 is 11.7 Å². The molecule has 4 atom stereocenters. The molecule has 1 aromatic carbocycles. The third-order valence-corrected chi connectivity index (χ3v) is 7.67. The van der Waals surface area contributed by atoms with E-state index in [1.807, 2.05) is 17.0 Å². The maximum atomic E-state index is 12.9. The number of benzene rings is 1. The highest BCUT2D eigenvalue weighted by atomic mass is 16.5. The number of ether oxygens (including phenoxy) is 2. The van der Waals surface area contributed by atoms with Crippen LogP contribution in [0.4, 0.5) is 0 Å². The molecule has 6 nitrogen and oxygen atoms in total. The van der Waals surface area contributed by atoms with Crippen LogP contribution >= 0.6 is 0 Å². The van der Waals surface area contributed by atoms with Gasteiger partial charge < -0.3 is 19.5 Å². The third-order valence-electron chi connectivity index (χ3n) is 7.67. The lowest BCUT2D eigenvalue weighted by Crippen LogP contribution is -2.77. The molecule has 1 amide bonds. The first-order valence-corrected chi connectivity index (χ1v) is 9.94. The van der Waals surface area contributed by atoms with Gasteiger partial charge in [-0.05, 0) is 43.7 Å². The zero-order valence-corrected chi connectivity index (χ0v) is 15.4. The van der Waals surface area contributed by atoms with E-state index in [1.165, 1.54) is 0 Å². The monoisotopic (exact) mass is 369 g/mol. The van der Waals surface area contributed by atoms with Gasteiger partial charge in [0.15, 0.2) is 23.4 Å². The first kappa shape index (κ1) is 15.9. The van der Waals surface area contributed by atoms with E-state index in [0.717, 1.165) is 24.0 Å². The van der Waals surface area contributed by atoms with Gasteiger partial charge in [-0.3, -0.25) is 9.59 Å². The first-order chi connectivity index (χ1) is 13.0. The summed E-state index contributed by atoms with van der Waals surface area (Å²) < 4.78 is 11.7. The van der Waals surface area contributed by atoms with Crippen molar-refractivity contribution < 1.29 is 24.2 Å². The Labute approximate surface area is 157 Å². The summed E-state index contributed by atoms with van der Waals surface area (Å²) in [4.78, 5) is 27.7. The zero-order chi connectivity index (χ0) is 18.6. The van der Waals surface area contributed by atoms with Gasteiger partial charge in [-0.25, -0.2) is 0 Å². The number of carbonyl (C=O) groups is 2. The molecule has 1 aromatic rings. The lowest BCUT2D eigenvalue weighted by atomic mass is 9.49. The number of piperidine rings is 1. The van der Waals surface area contributed by atoms with Crippen molar-refractivity contribution in [3.05, 3.63) is 23.3 Å². The molecule has 27 heavy (non-hydrogen) atoms. The molecule has 3 fully saturated rings. The number of methoxy groups -OCH3 is 1. The standard InChI is InChI=1S/C21H23NO5/c1-26-14-5-4-12-10-15-21(25)7-6-13(23)18-20(21,16(12)17(14)27-18)8-9-22(15)19(24)11-2-3-11/h4-5,11,15,18,25H,2-3,6-10H2,1H3/t15-,18+,20?,21-/m0/s1. The molecular formula is C21H23NO5. The average Bonchev–Trinajstić information content (AvgIpc) is 3.44. The number of amides is 1. The molecule has 2 saturated carbocycles. The lowest BCUT2D eigenvalue weighted by molar-refractivity contribution is -0.193. The second-order valence-electron chi connectivity index (χ2n) is 8.77. The smallest absolute Gasteiger partial charge is 0.226 e. The van der Waals surface area contributed by atoms with Crippen molar-refractivity contribution in [2.24, 2.45) is 5.92 Å². The molecule has 1 N–H and O–H groups in total. The van der Waals surface area contributed by atoms with Crippen molar-refractivity contribution in [1.82, 2.24) is 4.90 Å². The normalized spacial score (nSPS) is 38.3. The van der Waals surface area contributed by atoms with Crippen molar-refractivity contribution in [3.63, 3.8) is 0 Å². The molecule has 2 aliphatic heterocycles. The Bertz CT molecular complexity index is 893. The van der Waals surface area contributed by atoms with E-state index in [4.69, 9.17) is 9.47 Å². The van der Waals surface area contributed by atoms with Gasteiger partial charge in [0.2, 0.25) is 5.91 Å². The van der Waals surface area contributed by atoms with Gasteiger partial charge in [0.1, 0.15) is 0 Å². The molecule has 1 saturated heterocycles. The second-order valence-corrected chi connectivity index (χ2v) is 8.77. The largest absolute Gasteiger partial charge is 0.493 e. The molecule has 0 radical (unpaired) electrons. The minimum atomic E-state index is -1.13. The van der Waals surface area contributed by atoms with E-state index in [1.54, 1.807) is 7.11 Å². The fourth-order valence-electron chi connectivity index (χ4n) is 6.31. The minimum Gasteiger partial charge on any atom is -0.493 e. The Hall–Kier alpha value is -2.08. The van der Waals surface area contributed by atoms with Crippen LogP contribution in [0.1, 0.15) is 43.2 Å². The highest BCUT2D eigenvalue weighted by Gasteiger charge is 2.73. The third kappa shape index (κ3) is 1.67. The van der Waals surface area contributed by atoms with Gasteiger partial charge in [0, 0.05) is 24.4 Å². The molecule has 1 spiro atoms. The Balaban J connectivity index is 1.58. The molecule has 2 heterocycles. The summed E-state index contributed by atoms with van der Waals surface area (Å²) in [6, 6.07) is 3.60. The topological polar surface area (TPSA) is 76.1 Å². The molecule has 3 aliphatic carbocycles. The van der Waals surface area contributed by atoms with E-state index in [0.29, 0.717) is 37.3 Å². The van der Waals surface area contributed by atoms with Crippen LogP contribution in [0.2, 0.25) is 0 Å². The summed E-state index contributed by atoms with van der Waals surface area (Å²) >= 11 is 0. The van der Waals surface area contributed by atoms with Crippen LogP contribution in [0.5, 0.6) is 11.5 Å². The number of nitrogens with zero attached hydrogens (tertiary/aromatic N) is 1. The van der Waals surface area contributed by atoms with Crippen LogP contribution in [0.25, 0.3) is 0 Å². The van der Waals surface area contributed by atoms with Crippen molar-refractivity contribution in [3.8, 4) is 11.5 Å². The first-order valence-electron chi connectivity index (χ1n) is 9.94. The molecule has 5 aliphatic rings. The molecule has 142 valence electrons. The fraction of sp³-hybridized carbons (Fsp3) is 0.619. The highest BCUT2D eigenvalue weighted by molar-refractivity contribution is 5.90. The van der Waals surface area contributed by atoms with Crippen molar-refractivity contribution in [2.45, 2.75) is 61.7 Å². The Morgan fingerprint density at radius 2 is 2.15 bits per heavy atom. The Kier molecular flexibility index (Phi) is 2.86. The highest BCUT2D eigenvalue weighted by Crippen LogP contribution is 2.65. The summed E-state index contributed by atoms with van der Waals surface area (Å²) in [7, 11) is 1.60. The molecule has 1 unspecified atom stereocenters. The van der Waals surface area contributed by atoms with Crippen LogP contribution < -0.4 is 9.47 Å². The van der Waals surface area contributed by atoms with E-state index in [2.05, 4.69) is 0 Å². The van der Waals surface area contributed by atoms with Crippen LogP contribution in [0.15, 0.2) is 12.1 Å². The number of Topliss-reactive ketones (excluding diaryl/α,β-unsaturated/α-hetero) is 1. The van der Waals surface area contributed by atoms with Gasteiger partial charge in [-0.1, -0.05) is 6.07 Å². The maximum Gasteiger partial charge on any atom is 0.226 e. The van der Waals surface area contributed by atoms with Crippen LogP contribution in [0, 0.1) is 5.92 Å². The van der Waals surface area contributed by atoms with Crippen LogP contribution in [-0.2, 0) is 21.4 Å². The molecular weight excluding hydrogens is 346 g/mol. The number of rotatable bonds is 2. The number of likely N-dealkylation sites (tertiary alicyclic amines) is 1.